The van der Waals surface area contributed by atoms with Crippen molar-refractivity contribution in [2.45, 2.75) is 46.2 Å². The second-order valence-electron chi connectivity index (χ2n) is 10.1. The van der Waals surface area contributed by atoms with Gasteiger partial charge >= 0.3 is 0 Å². The summed E-state index contributed by atoms with van der Waals surface area (Å²) in [5.74, 6) is 1.04. The highest BCUT2D eigenvalue weighted by Gasteiger charge is 2.18. The number of likely N-dealkylation sites (tertiary alicyclic amines) is 1. The zero-order chi connectivity index (χ0) is 26.6. The summed E-state index contributed by atoms with van der Waals surface area (Å²) < 4.78 is 8.00. The molecule has 8 nitrogen and oxygen atoms in total. The number of carbonyl (C=O) groups excluding carboxylic acids is 1. The molecule has 3 heterocycles. The van der Waals surface area contributed by atoms with E-state index in [1.54, 1.807) is 18.6 Å². The number of nitrogens with one attached hydrogen (secondary N) is 1. The summed E-state index contributed by atoms with van der Waals surface area (Å²) in [7, 11) is 0. The van der Waals surface area contributed by atoms with Crippen LogP contribution >= 0.6 is 0 Å². The van der Waals surface area contributed by atoms with Gasteiger partial charge in [-0.15, -0.1) is 0 Å². The molecule has 2 aromatic heterocycles. The molecule has 0 unspecified atom stereocenters. The highest BCUT2D eigenvalue weighted by Crippen LogP contribution is 2.27. The Labute approximate surface area is 223 Å². The number of anilines is 1. The number of carbonyl (C=O) groups is 1. The zero-order valence-electron chi connectivity index (χ0n) is 22.1. The van der Waals surface area contributed by atoms with Gasteiger partial charge in [0.05, 0.1) is 18.2 Å². The molecule has 0 spiro atoms. The molecule has 8 heteroatoms. The fourth-order valence-corrected chi connectivity index (χ4v) is 4.74. The number of imidazole rings is 1. The molecule has 0 radical (unpaired) electrons. The molecule has 1 atom stereocenters. The van der Waals surface area contributed by atoms with E-state index in [1.807, 2.05) is 67.9 Å². The lowest BCUT2D eigenvalue weighted by molar-refractivity contribution is 0.102. The second kappa shape index (κ2) is 11.2. The van der Waals surface area contributed by atoms with Crippen molar-refractivity contribution in [1.29, 1.82) is 0 Å². The number of nitrogens with zero attached hydrogens (tertiary/aromatic N) is 4. The largest absolute Gasteiger partial charge is 0.455 e. The summed E-state index contributed by atoms with van der Waals surface area (Å²) in [5.41, 5.74) is 12.3. The van der Waals surface area contributed by atoms with Crippen LogP contribution in [-0.4, -0.2) is 44.5 Å². The first-order valence-corrected chi connectivity index (χ1v) is 13.0. The van der Waals surface area contributed by atoms with Crippen LogP contribution < -0.4 is 15.8 Å². The number of aromatic nitrogens is 3. The molecular formula is C30H34N6O2. The van der Waals surface area contributed by atoms with E-state index in [0.717, 1.165) is 66.4 Å². The molecule has 0 saturated carbocycles. The van der Waals surface area contributed by atoms with Gasteiger partial charge in [-0.25, -0.2) is 4.98 Å². The summed E-state index contributed by atoms with van der Waals surface area (Å²) in [6.45, 7) is 8.50. The van der Waals surface area contributed by atoms with E-state index in [1.165, 1.54) is 0 Å². The van der Waals surface area contributed by atoms with Gasteiger partial charge in [0.15, 0.2) is 0 Å². The Morgan fingerprint density at radius 2 is 1.95 bits per heavy atom. The van der Waals surface area contributed by atoms with Crippen LogP contribution in [0.4, 0.5) is 5.69 Å². The lowest BCUT2D eigenvalue weighted by atomic mass is 10.0. The van der Waals surface area contributed by atoms with Crippen molar-refractivity contribution in [2.24, 2.45) is 5.73 Å². The lowest BCUT2D eigenvalue weighted by Gasteiger charge is -2.30. The van der Waals surface area contributed by atoms with E-state index in [4.69, 9.17) is 10.5 Å². The van der Waals surface area contributed by atoms with E-state index in [2.05, 4.69) is 26.3 Å². The van der Waals surface area contributed by atoms with Crippen LogP contribution in [0.25, 0.3) is 5.69 Å². The summed E-state index contributed by atoms with van der Waals surface area (Å²) in [6.07, 6.45) is 7.61. The number of benzene rings is 2. The Hall–Kier alpha value is -4.01. The van der Waals surface area contributed by atoms with E-state index in [9.17, 15) is 4.79 Å². The van der Waals surface area contributed by atoms with Crippen molar-refractivity contribution in [2.75, 3.05) is 18.4 Å². The topological polar surface area (TPSA) is 98.3 Å². The van der Waals surface area contributed by atoms with Crippen molar-refractivity contribution >= 4 is 11.6 Å². The van der Waals surface area contributed by atoms with Crippen molar-refractivity contribution in [3.8, 4) is 17.2 Å². The van der Waals surface area contributed by atoms with Gasteiger partial charge in [-0.2, -0.15) is 0 Å². The predicted molar refractivity (Wildman–Crippen MR) is 149 cm³/mol. The van der Waals surface area contributed by atoms with Crippen molar-refractivity contribution < 1.29 is 9.53 Å². The second-order valence-corrected chi connectivity index (χ2v) is 10.1. The van der Waals surface area contributed by atoms with Crippen LogP contribution in [0, 0.1) is 20.8 Å². The normalized spacial score (nSPS) is 15.8. The number of hydrogen-bond donors (Lipinski definition) is 2. The fourth-order valence-electron chi connectivity index (χ4n) is 4.74. The molecule has 3 N–H and O–H groups in total. The van der Waals surface area contributed by atoms with Crippen LogP contribution in [0.1, 0.15) is 45.7 Å². The van der Waals surface area contributed by atoms with Crippen LogP contribution in [0.3, 0.4) is 0 Å². The number of ether oxygens (including phenoxy) is 1. The van der Waals surface area contributed by atoms with Crippen molar-refractivity contribution in [1.82, 2.24) is 19.4 Å². The number of aryl methyl sites for hydroxylation is 3. The van der Waals surface area contributed by atoms with Gasteiger partial charge in [-0.05, 0) is 93.7 Å². The third-order valence-electron chi connectivity index (χ3n) is 6.76. The summed E-state index contributed by atoms with van der Waals surface area (Å²) in [4.78, 5) is 24.4. The number of rotatable bonds is 7. The Morgan fingerprint density at radius 1 is 1.08 bits per heavy atom. The average molecular weight is 511 g/mol. The van der Waals surface area contributed by atoms with E-state index in [0.29, 0.717) is 17.1 Å². The average Bonchev–Trinajstić information content (AvgIpc) is 3.33. The third-order valence-corrected chi connectivity index (χ3v) is 6.76. The molecule has 2 aromatic carbocycles. The molecule has 0 bridgehead atoms. The molecule has 0 aliphatic carbocycles. The summed E-state index contributed by atoms with van der Waals surface area (Å²) in [6, 6.07) is 15.6. The number of hydrogen-bond acceptors (Lipinski definition) is 6. The van der Waals surface area contributed by atoms with E-state index in [-0.39, 0.29) is 11.9 Å². The number of nitrogens with two attached hydrogens (primary N) is 1. The number of amides is 1. The van der Waals surface area contributed by atoms with Crippen molar-refractivity contribution in [3.05, 3.63) is 95.3 Å². The van der Waals surface area contributed by atoms with Crippen LogP contribution in [-0.2, 0) is 6.54 Å². The van der Waals surface area contributed by atoms with Gasteiger partial charge in [0.1, 0.15) is 11.5 Å². The first-order chi connectivity index (χ1) is 18.3. The van der Waals surface area contributed by atoms with Gasteiger partial charge in [0.25, 0.3) is 5.91 Å². The minimum atomic E-state index is -0.207. The van der Waals surface area contributed by atoms with Gasteiger partial charge in [0, 0.05) is 48.0 Å². The highest BCUT2D eigenvalue weighted by molar-refractivity contribution is 6.04. The molecule has 38 heavy (non-hydrogen) atoms. The lowest BCUT2D eigenvalue weighted by Crippen LogP contribution is -2.42. The number of pyridine rings is 1. The molecular weight excluding hydrogens is 476 g/mol. The molecule has 1 saturated heterocycles. The van der Waals surface area contributed by atoms with E-state index < -0.39 is 0 Å². The fraction of sp³-hybridized carbons (Fsp3) is 0.300. The first kappa shape index (κ1) is 25.6. The standard InChI is InChI=1S/C30H34N6O2/c1-20-6-8-24(13-29(20)38-28-9-7-21(2)32-15-28)30(37)34-26-11-23(17-35-10-4-5-25(31)18-35)12-27(14-26)36-16-22(3)33-19-36/h6-9,11-16,19,25H,4-5,10,17-18,31H2,1-3H3,(H,34,37)/t25-/m0/s1. The third kappa shape index (κ3) is 6.27. The van der Waals surface area contributed by atoms with Crippen LogP contribution in [0.5, 0.6) is 11.5 Å². The maximum atomic E-state index is 13.3. The smallest absolute Gasteiger partial charge is 0.255 e. The van der Waals surface area contributed by atoms with Crippen LogP contribution in [0.15, 0.2) is 67.3 Å². The van der Waals surface area contributed by atoms with Gasteiger partial charge < -0.3 is 20.4 Å². The minimum Gasteiger partial charge on any atom is -0.455 e. The molecule has 196 valence electrons. The van der Waals surface area contributed by atoms with Crippen molar-refractivity contribution in [3.63, 3.8) is 0 Å². The molecule has 1 aliphatic heterocycles. The molecule has 4 aromatic rings. The Bertz CT molecular complexity index is 1430. The van der Waals surface area contributed by atoms with E-state index >= 15 is 0 Å². The van der Waals surface area contributed by atoms with Crippen LogP contribution in [0.2, 0.25) is 0 Å². The highest BCUT2D eigenvalue weighted by atomic mass is 16.5. The molecule has 1 aliphatic rings. The maximum Gasteiger partial charge on any atom is 0.255 e. The predicted octanol–water partition coefficient (Wildman–Crippen LogP) is 5.16. The summed E-state index contributed by atoms with van der Waals surface area (Å²) in [5, 5.41) is 3.10. The molecule has 1 amide bonds. The number of piperidine rings is 1. The minimum absolute atomic E-state index is 0.205. The Morgan fingerprint density at radius 3 is 2.68 bits per heavy atom. The van der Waals surface area contributed by atoms with Gasteiger partial charge in [-0.3, -0.25) is 14.7 Å². The van der Waals surface area contributed by atoms with Gasteiger partial charge in [0.2, 0.25) is 0 Å². The molecule has 1 fully saturated rings. The monoisotopic (exact) mass is 510 g/mol. The SMILES string of the molecule is Cc1ccc(Oc2cc(C(=O)Nc3cc(CN4CCC[C@H](N)C4)cc(-n4cnc(C)c4)c3)ccc2C)cn1. The summed E-state index contributed by atoms with van der Waals surface area (Å²) >= 11 is 0. The Kier molecular flexibility index (Phi) is 7.53. The maximum absolute atomic E-state index is 13.3. The first-order valence-electron chi connectivity index (χ1n) is 13.0. The quantitative estimate of drug-likeness (QED) is 0.356. The zero-order valence-corrected chi connectivity index (χ0v) is 22.1. The van der Waals surface area contributed by atoms with Gasteiger partial charge in [-0.1, -0.05) is 6.07 Å². The Balaban J connectivity index is 1.39. The molecule has 5 rings (SSSR count).